The lowest BCUT2D eigenvalue weighted by molar-refractivity contribution is -0.151. The fraction of sp³-hybridized carbons (Fsp3) is 0.619. The Labute approximate surface area is 175 Å². The zero-order chi connectivity index (χ0) is 21.1. The number of anilines is 1. The molecule has 0 aromatic heterocycles. The number of hydrogen-bond donors (Lipinski definition) is 2. The van der Waals surface area contributed by atoms with Crippen LogP contribution in [0.3, 0.4) is 0 Å². The van der Waals surface area contributed by atoms with Gasteiger partial charge in [0.2, 0.25) is 11.8 Å². The first-order valence-electron chi connectivity index (χ1n) is 10.3. The number of nitrogens with zero attached hydrogens (tertiary/aromatic N) is 1. The van der Waals surface area contributed by atoms with E-state index < -0.39 is 6.10 Å². The van der Waals surface area contributed by atoms with E-state index in [-0.39, 0.29) is 49.6 Å². The number of rotatable bonds is 6. The zero-order valence-electron chi connectivity index (χ0n) is 17.0. The molecule has 2 amide bonds. The Morgan fingerprint density at radius 2 is 2.10 bits per heavy atom. The van der Waals surface area contributed by atoms with Crippen LogP contribution in [0.5, 0.6) is 5.75 Å². The molecule has 2 fully saturated rings. The quantitative estimate of drug-likeness (QED) is 0.691. The van der Waals surface area contributed by atoms with E-state index in [0.29, 0.717) is 38.4 Å². The van der Waals surface area contributed by atoms with Gasteiger partial charge in [0.05, 0.1) is 32.3 Å². The van der Waals surface area contributed by atoms with Crippen molar-refractivity contribution in [3.63, 3.8) is 0 Å². The van der Waals surface area contributed by atoms with Gasteiger partial charge in [0.25, 0.3) is 0 Å². The zero-order valence-corrected chi connectivity index (χ0v) is 17.0. The Bertz CT molecular complexity index is 781. The number of aliphatic hydroxyl groups excluding tert-OH is 1. The van der Waals surface area contributed by atoms with Crippen LogP contribution >= 0.6 is 0 Å². The summed E-state index contributed by atoms with van der Waals surface area (Å²) in [5, 5.41) is 12.7. The summed E-state index contributed by atoms with van der Waals surface area (Å²) in [5.74, 6) is 0.505. The van der Waals surface area contributed by atoms with Crippen LogP contribution in [0.4, 0.5) is 5.69 Å². The minimum absolute atomic E-state index is 0.0207. The van der Waals surface area contributed by atoms with E-state index in [1.807, 2.05) is 12.1 Å². The van der Waals surface area contributed by atoms with Crippen LogP contribution < -0.4 is 10.1 Å². The van der Waals surface area contributed by atoms with Crippen molar-refractivity contribution < 1.29 is 33.6 Å². The number of amides is 2. The summed E-state index contributed by atoms with van der Waals surface area (Å²) >= 11 is 0. The third-order valence-corrected chi connectivity index (χ3v) is 5.82. The minimum Gasteiger partial charge on any atom is -0.487 e. The second kappa shape index (κ2) is 9.30. The number of ether oxygens (including phenoxy) is 4. The van der Waals surface area contributed by atoms with E-state index >= 15 is 0 Å². The molecular weight excluding hydrogens is 392 g/mol. The van der Waals surface area contributed by atoms with Crippen molar-refractivity contribution in [1.29, 1.82) is 0 Å². The molecule has 0 aliphatic carbocycles. The van der Waals surface area contributed by atoms with E-state index in [2.05, 4.69) is 5.32 Å². The van der Waals surface area contributed by atoms with Gasteiger partial charge in [-0.1, -0.05) is 0 Å². The van der Waals surface area contributed by atoms with Crippen LogP contribution in [0.2, 0.25) is 0 Å². The summed E-state index contributed by atoms with van der Waals surface area (Å²) in [6, 6.07) is 5.49. The average Bonchev–Trinajstić information content (AvgIpc) is 3.12. The lowest BCUT2D eigenvalue weighted by Gasteiger charge is -2.38. The maximum absolute atomic E-state index is 12.7. The summed E-state index contributed by atoms with van der Waals surface area (Å²) in [6.45, 7) is 2.09. The number of benzene rings is 1. The maximum atomic E-state index is 12.7. The molecule has 164 valence electrons. The van der Waals surface area contributed by atoms with Crippen molar-refractivity contribution in [1.82, 2.24) is 4.90 Å². The number of carbonyl (C=O) groups excluding carboxylic acids is 2. The minimum atomic E-state index is -0.509. The Morgan fingerprint density at radius 3 is 2.83 bits per heavy atom. The van der Waals surface area contributed by atoms with E-state index in [9.17, 15) is 14.7 Å². The molecule has 0 saturated carbocycles. The molecule has 4 atom stereocenters. The molecule has 0 spiro atoms. The molecule has 0 unspecified atom stereocenters. The van der Waals surface area contributed by atoms with Gasteiger partial charge in [0.15, 0.2) is 0 Å². The Balaban J connectivity index is 1.48. The molecule has 9 nitrogen and oxygen atoms in total. The standard InChI is InChI=1S/C21H28N2O7/c1-27-12-19(25)22-13-2-3-17-15(8-13)16-9-14(29-18(11-24)21(16)30-17)10-20(26)23-4-6-28-7-5-23/h2-3,8,14,16,18,21,24H,4-7,9-12H2,1H3,(H,22,25)/t14-,16-,18-,21+/m0/s1. The number of morpholine rings is 1. The summed E-state index contributed by atoms with van der Waals surface area (Å²) in [5.41, 5.74) is 1.62. The molecule has 9 heteroatoms. The topological polar surface area (TPSA) is 107 Å². The number of aliphatic hydroxyl groups is 1. The van der Waals surface area contributed by atoms with Crippen molar-refractivity contribution in [3.05, 3.63) is 23.8 Å². The van der Waals surface area contributed by atoms with Crippen LogP contribution in [0.1, 0.15) is 24.3 Å². The highest BCUT2D eigenvalue weighted by Gasteiger charge is 2.46. The molecule has 3 aliphatic rings. The summed E-state index contributed by atoms with van der Waals surface area (Å²) in [6.07, 6.45) is -0.256. The first-order valence-corrected chi connectivity index (χ1v) is 10.3. The van der Waals surface area contributed by atoms with E-state index in [1.165, 1.54) is 7.11 Å². The number of carbonyl (C=O) groups is 2. The van der Waals surface area contributed by atoms with Crippen molar-refractivity contribution in [2.24, 2.45) is 0 Å². The van der Waals surface area contributed by atoms with Gasteiger partial charge in [0, 0.05) is 37.4 Å². The van der Waals surface area contributed by atoms with Crippen molar-refractivity contribution in [3.8, 4) is 5.75 Å². The summed E-state index contributed by atoms with van der Waals surface area (Å²) in [7, 11) is 1.47. The monoisotopic (exact) mass is 420 g/mol. The van der Waals surface area contributed by atoms with Gasteiger partial charge < -0.3 is 34.3 Å². The van der Waals surface area contributed by atoms with Crippen LogP contribution in [0.15, 0.2) is 18.2 Å². The number of fused-ring (bicyclic) bond motifs is 3. The number of nitrogens with one attached hydrogen (secondary N) is 1. The third kappa shape index (κ3) is 4.44. The first kappa shape index (κ1) is 21.0. The van der Waals surface area contributed by atoms with Gasteiger partial charge in [-0.15, -0.1) is 0 Å². The van der Waals surface area contributed by atoms with Gasteiger partial charge in [0.1, 0.15) is 24.6 Å². The molecule has 1 aromatic carbocycles. The maximum Gasteiger partial charge on any atom is 0.250 e. The SMILES string of the molecule is COCC(=O)Nc1ccc2c(c1)[C@@H]1C[C@@H](CC(=O)N3CCOCC3)O[C@@H](CO)[C@@H]1O2. The molecule has 0 radical (unpaired) electrons. The van der Waals surface area contributed by atoms with Gasteiger partial charge in [-0.25, -0.2) is 0 Å². The molecule has 3 aliphatic heterocycles. The predicted molar refractivity (Wildman–Crippen MR) is 106 cm³/mol. The molecule has 1 aromatic rings. The second-order valence-electron chi connectivity index (χ2n) is 7.83. The van der Waals surface area contributed by atoms with Gasteiger partial charge >= 0.3 is 0 Å². The lowest BCUT2D eigenvalue weighted by Crippen LogP contribution is -2.48. The third-order valence-electron chi connectivity index (χ3n) is 5.82. The van der Waals surface area contributed by atoms with Crippen LogP contribution in [0.25, 0.3) is 0 Å². The fourth-order valence-corrected chi connectivity index (χ4v) is 4.43. The summed E-state index contributed by atoms with van der Waals surface area (Å²) < 4.78 is 22.3. The van der Waals surface area contributed by atoms with Gasteiger partial charge in [-0.3, -0.25) is 9.59 Å². The number of methoxy groups -OCH3 is 1. The molecule has 4 rings (SSSR count). The van der Waals surface area contributed by atoms with Crippen molar-refractivity contribution >= 4 is 17.5 Å². The Kier molecular flexibility index (Phi) is 6.52. The predicted octanol–water partition coefficient (Wildman–Crippen LogP) is 0.515. The Morgan fingerprint density at radius 1 is 1.30 bits per heavy atom. The molecule has 2 N–H and O–H groups in total. The van der Waals surface area contributed by atoms with E-state index in [1.54, 1.807) is 11.0 Å². The summed E-state index contributed by atoms with van der Waals surface area (Å²) in [4.78, 5) is 26.3. The highest BCUT2D eigenvalue weighted by atomic mass is 16.6. The highest BCUT2D eigenvalue weighted by molar-refractivity contribution is 5.92. The van der Waals surface area contributed by atoms with Crippen molar-refractivity contribution in [2.75, 3.05) is 51.9 Å². The van der Waals surface area contributed by atoms with Gasteiger partial charge in [-0.05, 0) is 24.6 Å². The van der Waals surface area contributed by atoms with Crippen molar-refractivity contribution in [2.45, 2.75) is 37.1 Å². The molecule has 2 saturated heterocycles. The second-order valence-corrected chi connectivity index (χ2v) is 7.83. The van der Waals surface area contributed by atoms with Crippen LogP contribution in [-0.2, 0) is 23.8 Å². The van der Waals surface area contributed by atoms with E-state index in [0.717, 1.165) is 11.3 Å². The average molecular weight is 420 g/mol. The van der Waals surface area contributed by atoms with Gasteiger partial charge in [-0.2, -0.15) is 0 Å². The molecule has 30 heavy (non-hydrogen) atoms. The largest absolute Gasteiger partial charge is 0.487 e. The van der Waals surface area contributed by atoms with E-state index in [4.69, 9.17) is 18.9 Å². The molecule has 3 heterocycles. The molecular formula is C21H28N2O7. The Hall–Kier alpha value is -2.20. The molecule has 0 bridgehead atoms. The smallest absolute Gasteiger partial charge is 0.250 e. The lowest BCUT2D eigenvalue weighted by atomic mass is 9.84. The van der Waals surface area contributed by atoms with Crippen LogP contribution in [-0.4, -0.2) is 86.8 Å². The normalized spacial score (nSPS) is 27.7. The first-order chi connectivity index (χ1) is 14.6. The van der Waals surface area contributed by atoms with Crippen LogP contribution in [0, 0.1) is 0 Å². The highest BCUT2D eigenvalue weighted by Crippen LogP contribution is 2.47. The number of hydrogen-bond acceptors (Lipinski definition) is 7. The fourth-order valence-electron chi connectivity index (χ4n) is 4.43.